The van der Waals surface area contributed by atoms with Crippen molar-refractivity contribution in [3.8, 4) is 0 Å². The van der Waals surface area contributed by atoms with E-state index in [2.05, 4.69) is 0 Å². The fourth-order valence-corrected chi connectivity index (χ4v) is 15.6. The van der Waals surface area contributed by atoms with E-state index in [0.29, 0.717) is 13.1 Å². The standard InChI is InChI=1S/2C13H10F4N.2C5H5.Ti/c2*14-10-8-11(15)13(17)9(12(10)16)4-3-7-18-5-1-2-6-18;2*1-2-4-5-3-1;/h2*1-2,5-6H,3-4,7H2;2*1-5H;. The first-order chi connectivity index (χ1) is 22.7. The average Bonchev–Trinajstić information content (AvgIpc) is 3.90. The third-order valence-electron chi connectivity index (χ3n) is 9.10. The quantitative estimate of drug-likeness (QED) is 0.0801. The van der Waals surface area contributed by atoms with Crippen molar-refractivity contribution in [3.63, 3.8) is 0 Å². The monoisotopic (exact) mass is 690 g/mol. The van der Waals surface area contributed by atoms with Gasteiger partial charge in [-0.15, -0.1) is 0 Å². The number of rotatable bonds is 12. The van der Waals surface area contributed by atoms with E-state index in [1.165, 1.54) is 48.6 Å². The van der Waals surface area contributed by atoms with Gasteiger partial charge in [-0.2, -0.15) is 0 Å². The molecule has 2 nitrogen and oxygen atoms in total. The maximum absolute atomic E-state index is 16.5. The van der Waals surface area contributed by atoms with Gasteiger partial charge in [0.2, 0.25) is 0 Å². The number of nitrogens with zero attached hydrogens (tertiary/aromatic N) is 2. The Balaban J connectivity index is 1.53. The van der Waals surface area contributed by atoms with E-state index in [-0.39, 0.29) is 25.7 Å². The summed E-state index contributed by atoms with van der Waals surface area (Å²) in [6.07, 6.45) is 17.8. The predicted octanol–water partition coefficient (Wildman–Crippen LogP) is 8.60. The van der Waals surface area contributed by atoms with Crippen LogP contribution < -0.4 is 7.74 Å². The van der Waals surface area contributed by atoms with Crippen molar-refractivity contribution >= 4 is 7.74 Å². The molecule has 4 aromatic rings. The van der Waals surface area contributed by atoms with Crippen LogP contribution in [-0.2, 0) is 42.5 Å². The SMILES string of the molecule is Fc1c(F)[c]([Ti]([c]2c(F)c(F)c(CCCn3cccc3)c(F)c2F)([CH]2C=CC=C2)[CH]2C=CC=C2)c(F)c(F)c1CCCn1cccc1. The molecule has 0 radical (unpaired) electrons. The molecule has 11 heteroatoms. The first kappa shape index (κ1) is 33.0. The molecule has 0 fully saturated rings. The van der Waals surface area contributed by atoms with E-state index in [0.717, 1.165) is 0 Å². The Bertz CT molecular complexity index is 1670. The van der Waals surface area contributed by atoms with Crippen LogP contribution in [0, 0.1) is 46.5 Å². The van der Waals surface area contributed by atoms with Crippen molar-refractivity contribution in [1.29, 1.82) is 0 Å². The molecule has 2 aromatic heterocycles. The molecule has 2 aliphatic rings. The predicted molar refractivity (Wildman–Crippen MR) is 161 cm³/mol. The van der Waals surface area contributed by atoms with Crippen LogP contribution in [0.2, 0.25) is 8.45 Å². The molecule has 6 rings (SSSR count). The van der Waals surface area contributed by atoms with Gasteiger partial charge in [0.15, 0.2) is 0 Å². The van der Waals surface area contributed by atoms with Crippen LogP contribution in [-0.4, -0.2) is 9.13 Å². The summed E-state index contributed by atoms with van der Waals surface area (Å²) in [6.45, 7) is 0.613. The average molecular weight is 691 g/mol. The Hall–Kier alpha value is -3.89. The first-order valence-electron chi connectivity index (χ1n) is 15.3. The molecule has 2 aromatic carbocycles. The molecule has 47 heavy (non-hydrogen) atoms. The summed E-state index contributed by atoms with van der Waals surface area (Å²) in [5, 5.41) is 0. The van der Waals surface area contributed by atoms with Crippen LogP contribution in [0.3, 0.4) is 0 Å². The van der Waals surface area contributed by atoms with Crippen LogP contribution >= 0.6 is 0 Å². The molecular weight excluding hydrogens is 660 g/mol. The van der Waals surface area contributed by atoms with Crippen molar-refractivity contribution in [3.05, 3.63) is 155 Å². The molecule has 0 unspecified atom stereocenters. The molecule has 0 atom stereocenters. The summed E-state index contributed by atoms with van der Waals surface area (Å²) in [5.41, 5.74) is -1.70. The number of aromatic nitrogens is 2. The summed E-state index contributed by atoms with van der Waals surface area (Å²) >= 11 is -5.79. The summed E-state index contributed by atoms with van der Waals surface area (Å²) in [6, 6.07) is 7.00. The van der Waals surface area contributed by atoms with Crippen LogP contribution in [0.25, 0.3) is 0 Å². The van der Waals surface area contributed by atoms with Crippen molar-refractivity contribution in [2.45, 2.75) is 47.2 Å². The van der Waals surface area contributed by atoms with Gasteiger partial charge < -0.3 is 0 Å². The fourth-order valence-electron chi connectivity index (χ4n) is 6.92. The van der Waals surface area contributed by atoms with E-state index < -0.39 is 90.4 Å². The summed E-state index contributed by atoms with van der Waals surface area (Å²) in [4.78, 5) is 0. The fraction of sp³-hybridized carbons (Fsp3) is 0.222. The number of aryl methyl sites for hydroxylation is 2. The van der Waals surface area contributed by atoms with Crippen LogP contribution in [0.1, 0.15) is 24.0 Å². The van der Waals surface area contributed by atoms with Crippen LogP contribution in [0.4, 0.5) is 35.1 Å². The topological polar surface area (TPSA) is 9.86 Å². The molecule has 0 bridgehead atoms. The third-order valence-corrected chi connectivity index (χ3v) is 17.5. The Morgan fingerprint density at radius 1 is 0.447 bits per heavy atom. The van der Waals surface area contributed by atoms with Gasteiger partial charge in [0.05, 0.1) is 0 Å². The Labute approximate surface area is 270 Å². The minimum atomic E-state index is -5.79. The van der Waals surface area contributed by atoms with Gasteiger partial charge in [-0.1, -0.05) is 0 Å². The van der Waals surface area contributed by atoms with Crippen molar-refractivity contribution < 1.29 is 51.7 Å². The van der Waals surface area contributed by atoms with Crippen molar-refractivity contribution in [1.82, 2.24) is 9.13 Å². The Morgan fingerprint density at radius 2 is 0.745 bits per heavy atom. The second-order valence-corrected chi connectivity index (χ2v) is 18.1. The number of benzene rings is 2. The molecule has 0 spiro atoms. The van der Waals surface area contributed by atoms with E-state index >= 15 is 35.1 Å². The Morgan fingerprint density at radius 3 is 1.04 bits per heavy atom. The zero-order valence-electron chi connectivity index (χ0n) is 25.1. The third kappa shape index (κ3) is 5.80. The number of allylic oxidation sites excluding steroid dienone is 8. The zero-order valence-corrected chi connectivity index (χ0v) is 26.6. The minimum absolute atomic E-state index is 0.126. The van der Waals surface area contributed by atoms with E-state index in [4.69, 9.17) is 0 Å². The van der Waals surface area contributed by atoms with Gasteiger partial charge in [-0.05, 0) is 0 Å². The molecule has 0 N–H and O–H groups in total. The van der Waals surface area contributed by atoms with Crippen molar-refractivity contribution in [2.24, 2.45) is 0 Å². The number of hydrogen-bond acceptors (Lipinski definition) is 0. The molecule has 2 aliphatic carbocycles. The van der Waals surface area contributed by atoms with Crippen molar-refractivity contribution in [2.75, 3.05) is 0 Å². The second-order valence-electron chi connectivity index (χ2n) is 11.7. The summed E-state index contributed by atoms with van der Waals surface area (Å²) in [7, 11) is 0. The summed E-state index contributed by atoms with van der Waals surface area (Å²) < 4.78 is 128. The van der Waals surface area contributed by atoms with Gasteiger partial charge in [-0.3, -0.25) is 0 Å². The second kappa shape index (κ2) is 13.7. The van der Waals surface area contributed by atoms with Gasteiger partial charge in [0.25, 0.3) is 0 Å². The number of halogens is 8. The molecule has 244 valence electrons. The summed E-state index contributed by atoms with van der Waals surface area (Å²) in [5.74, 6) is -14.0. The van der Waals surface area contributed by atoms with Crippen LogP contribution in [0.15, 0.2) is 97.7 Å². The first-order valence-corrected chi connectivity index (χ1v) is 18.7. The van der Waals surface area contributed by atoms with E-state index in [1.807, 2.05) is 0 Å². The molecule has 0 saturated heterocycles. The van der Waals surface area contributed by atoms with Gasteiger partial charge in [0, 0.05) is 0 Å². The molecular formula is C36H30F8N2Ti. The van der Waals surface area contributed by atoms with Gasteiger partial charge in [-0.25, -0.2) is 0 Å². The van der Waals surface area contributed by atoms with E-state index in [9.17, 15) is 0 Å². The molecule has 2 heterocycles. The van der Waals surface area contributed by atoms with Gasteiger partial charge in [0.1, 0.15) is 0 Å². The number of hydrogen-bond donors (Lipinski definition) is 0. The zero-order chi connectivity index (χ0) is 33.3. The molecule has 0 amide bonds. The Kier molecular flexibility index (Phi) is 9.62. The normalized spacial score (nSPS) is 14.8. The molecule has 0 aliphatic heterocycles. The van der Waals surface area contributed by atoms with Crippen LogP contribution in [0.5, 0.6) is 0 Å². The van der Waals surface area contributed by atoms with E-state index in [1.54, 1.807) is 58.2 Å². The van der Waals surface area contributed by atoms with Gasteiger partial charge >= 0.3 is 271 Å². The molecule has 0 saturated carbocycles. The maximum atomic E-state index is 16.5.